The number of carbonyl (C=O) groups is 3. The molecule has 2 aromatic rings. The Morgan fingerprint density at radius 3 is 2.38 bits per heavy atom. The number of thiazole rings is 1. The fraction of sp³-hybridized carbons (Fsp3) is 0.429. The molecule has 0 bridgehead atoms. The Hall–Kier alpha value is -2.74. The molecule has 4 rings (SSSR count). The van der Waals surface area contributed by atoms with Gasteiger partial charge in [-0.3, -0.25) is 19.7 Å². The number of anilines is 1. The van der Waals surface area contributed by atoms with Gasteiger partial charge in [-0.2, -0.15) is 0 Å². The summed E-state index contributed by atoms with van der Waals surface area (Å²) in [6.07, 6.45) is 1.56. The van der Waals surface area contributed by atoms with Gasteiger partial charge in [0, 0.05) is 43.5 Å². The number of hydrogen-bond acceptors (Lipinski definition) is 5. The van der Waals surface area contributed by atoms with Gasteiger partial charge in [-0.05, 0) is 31.9 Å². The van der Waals surface area contributed by atoms with Crippen LogP contribution in [0.25, 0.3) is 0 Å². The second kappa shape index (κ2) is 7.94. The van der Waals surface area contributed by atoms with Gasteiger partial charge < -0.3 is 9.80 Å². The topological polar surface area (TPSA) is 82.6 Å². The van der Waals surface area contributed by atoms with E-state index >= 15 is 0 Å². The van der Waals surface area contributed by atoms with Crippen molar-refractivity contribution in [3.8, 4) is 0 Å². The first-order valence-electron chi connectivity index (χ1n) is 9.84. The van der Waals surface area contributed by atoms with Crippen LogP contribution in [0.2, 0.25) is 0 Å². The molecule has 1 N–H and O–H groups in total. The Bertz CT molecular complexity index is 945. The van der Waals surface area contributed by atoms with Gasteiger partial charge in [0.15, 0.2) is 5.13 Å². The normalized spacial score (nSPS) is 18.5. The van der Waals surface area contributed by atoms with E-state index in [-0.39, 0.29) is 23.6 Å². The lowest BCUT2D eigenvalue weighted by Gasteiger charge is -2.35. The molecule has 1 atom stereocenters. The summed E-state index contributed by atoms with van der Waals surface area (Å²) in [7, 11) is 0. The summed E-state index contributed by atoms with van der Waals surface area (Å²) in [5.41, 5.74) is 2.48. The van der Waals surface area contributed by atoms with Crippen molar-refractivity contribution in [3.63, 3.8) is 0 Å². The lowest BCUT2D eigenvalue weighted by Crippen LogP contribution is -2.51. The third-order valence-electron chi connectivity index (χ3n) is 5.59. The number of nitrogens with one attached hydrogen (secondary N) is 1. The fourth-order valence-electron chi connectivity index (χ4n) is 3.86. The van der Waals surface area contributed by atoms with E-state index in [1.54, 1.807) is 24.0 Å². The molecule has 2 aliphatic rings. The van der Waals surface area contributed by atoms with Gasteiger partial charge in [-0.1, -0.05) is 17.7 Å². The highest BCUT2D eigenvalue weighted by Gasteiger charge is 2.36. The first kappa shape index (κ1) is 19.6. The SMILES string of the molecule is CC(=O)N1CCN(C(=O)C2CCc3sc(NC(=O)c4ccc(C)cc4)nc32)CC1. The molecule has 0 saturated carbocycles. The van der Waals surface area contributed by atoms with E-state index in [0.29, 0.717) is 36.9 Å². The average molecular weight is 413 g/mol. The molecule has 1 aliphatic carbocycles. The minimum Gasteiger partial charge on any atom is -0.339 e. The van der Waals surface area contributed by atoms with Crippen LogP contribution in [0.5, 0.6) is 0 Å². The van der Waals surface area contributed by atoms with Crippen LogP contribution in [0, 0.1) is 6.92 Å². The van der Waals surface area contributed by atoms with Gasteiger partial charge in [-0.25, -0.2) is 4.98 Å². The second-order valence-corrected chi connectivity index (χ2v) is 8.65. The van der Waals surface area contributed by atoms with Crippen molar-refractivity contribution in [2.75, 3.05) is 31.5 Å². The number of aryl methyl sites for hydroxylation is 2. The van der Waals surface area contributed by atoms with Crippen molar-refractivity contribution in [2.45, 2.75) is 32.6 Å². The van der Waals surface area contributed by atoms with Crippen molar-refractivity contribution >= 4 is 34.2 Å². The smallest absolute Gasteiger partial charge is 0.257 e. The Morgan fingerprint density at radius 1 is 1.07 bits per heavy atom. The molecule has 0 radical (unpaired) electrons. The molecule has 8 heteroatoms. The predicted molar refractivity (Wildman–Crippen MR) is 111 cm³/mol. The maximum Gasteiger partial charge on any atom is 0.257 e. The third kappa shape index (κ3) is 4.03. The van der Waals surface area contributed by atoms with Crippen LogP contribution < -0.4 is 5.32 Å². The van der Waals surface area contributed by atoms with Crippen LogP contribution in [0.1, 0.15) is 45.8 Å². The highest BCUT2D eigenvalue weighted by molar-refractivity contribution is 7.16. The summed E-state index contributed by atoms with van der Waals surface area (Å²) in [4.78, 5) is 46.2. The molecular weight excluding hydrogens is 388 g/mol. The lowest BCUT2D eigenvalue weighted by molar-refractivity contribution is -0.139. The number of rotatable bonds is 3. The molecule has 7 nitrogen and oxygen atoms in total. The van der Waals surface area contributed by atoms with Crippen molar-refractivity contribution in [3.05, 3.63) is 46.0 Å². The van der Waals surface area contributed by atoms with Crippen LogP contribution in [-0.4, -0.2) is 58.7 Å². The number of piperazine rings is 1. The van der Waals surface area contributed by atoms with E-state index in [0.717, 1.165) is 29.0 Å². The van der Waals surface area contributed by atoms with Crippen molar-refractivity contribution in [1.82, 2.24) is 14.8 Å². The number of carbonyl (C=O) groups excluding carboxylic acids is 3. The van der Waals surface area contributed by atoms with E-state index in [1.807, 2.05) is 24.0 Å². The average Bonchev–Trinajstić information content (AvgIpc) is 3.28. The molecule has 1 fully saturated rings. The molecule has 1 aliphatic heterocycles. The number of nitrogens with zero attached hydrogens (tertiary/aromatic N) is 3. The Kier molecular flexibility index (Phi) is 5.36. The van der Waals surface area contributed by atoms with Crippen molar-refractivity contribution in [2.24, 2.45) is 0 Å². The molecule has 3 amide bonds. The molecule has 0 spiro atoms. The fourth-order valence-corrected chi connectivity index (χ4v) is 4.89. The maximum absolute atomic E-state index is 13.0. The van der Waals surface area contributed by atoms with E-state index in [9.17, 15) is 14.4 Å². The lowest BCUT2D eigenvalue weighted by atomic mass is 10.1. The number of amides is 3. The molecule has 29 heavy (non-hydrogen) atoms. The zero-order valence-electron chi connectivity index (χ0n) is 16.6. The van der Waals surface area contributed by atoms with Crippen molar-refractivity contribution in [1.29, 1.82) is 0 Å². The minimum absolute atomic E-state index is 0.0497. The monoisotopic (exact) mass is 412 g/mol. The first-order valence-corrected chi connectivity index (χ1v) is 10.7. The number of hydrogen-bond donors (Lipinski definition) is 1. The summed E-state index contributed by atoms with van der Waals surface area (Å²) < 4.78 is 0. The summed E-state index contributed by atoms with van der Waals surface area (Å²) in [6.45, 7) is 5.81. The van der Waals surface area contributed by atoms with Gasteiger partial charge in [0.25, 0.3) is 5.91 Å². The van der Waals surface area contributed by atoms with E-state index < -0.39 is 0 Å². The molecule has 1 aromatic carbocycles. The Labute approximate surface area is 173 Å². The van der Waals surface area contributed by atoms with Gasteiger partial charge in [0.2, 0.25) is 11.8 Å². The predicted octanol–water partition coefficient (Wildman–Crippen LogP) is 2.42. The van der Waals surface area contributed by atoms with Gasteiger partial charge >= 0.3 is 0 Å². The standard InChI is InChI=1S/C21H24N4O3S/c1-13-3-5-15(6-4-13)19(27)23-21-22-18-16(7-8-17(18)29-21)20(28)25-11-9-24(10-12-25)14(2)26/h3-6,16H,7-12H2,1-2H3,(H,22,23,27). The van der Waals surface area contributed by atoms with Crippen molar-refractivity contribution < 1.29 is 14.4 Å². The maximum atomic E-state index is 13.0. The third-order valence-corrected chi connectivity index (χ3v) is 6.63. The van der Waals surface area contributed by atoms with Crippen LogP contribution in [0.15, 0.2) is 24.3 Å². The van der Waals surface area contributed by atoms with E-state index in [2.05, 4.69) is 10.3 Å². The Balaban J connectivity index is 1.42. The zero-order chi connectivity index (χ0) is 20.5. The quantitative estimate of drug-likeness (QED) is 0.839. The summed E-state index contributed by atoms with van der Waals surface area (Å²) >= 11 is 1.45. The van der Waals surface area contributed by atoms with Crippen LogP contribution in [0.4, 0.5) is 5.13 Å². The minimum atomic E-state index is -0.254. The molecule has 1 unspecified atom stereocenters. The summed E-state index contributed by atoms with van der Waals surface area (Å²) in [5, 5.41) is 3.40. The van der Waals surface area contributed by atoms with E-state index in [1.165, 1.54) is 11.3 Å². The van der Waals surface area contributed by atoms with Crippen LogP contribution >= 0.6 is 11.3 Å². The van der Waals surface area contributed by atoms with Gasteiger partial charge in [0.1, 0.15) is 0 Å². The molecule has 152 valence electrons. The summed E-state index contributed by atoms with van der Waals surface area (Å²) in [5.74, 6) is -0.321. The number of fused-ring (bicyclic) bond motifs is 1. The number of benzene rings is 1. The second-order valence-electron chi connectivity index (χ2n) is 7.57. The number of aromatic nitrogens is 1. The largest absolute Gasteiger partial charge is 0.339 e. The highest BCUT2D eigenvalue weighted by atomic mass is 32.1. The first-order chi connectivity index (χ1) is 13.9. The van der Waals surface area contributed by atoms with Gasteiger partial charge in [0.05, 0.1) is 11.6 Å². The van der Waals surface area contributed by atoms with Gasteiger partial charge in [-0.15, -0.1) is 11.3 Å². The summed E-state index contributed by atoms with van der Waals surface area (Å²) in [6, 6.07) is 7.38. The molecular formula is C21H24N4O3S. The van der Waals surface area contributed by atoms with E-state index in [4.69, 9.17) is 0 Å². The van der Waals surface area contributed by atoms with Crippen LogP contribution in [-0.2, 0) is 16.0 Å². The van der Waals surface area contributed by atoms with Crippen LogP contribution in [0.3, 0.4) is 0 Å². The Morgan fingerprint density at radius 2 is 1.72 bits per heavy atom. The highest BCUT2D eigenvalue weighted by Crippen LogP contribution is 2.39. The molecule has 2 heterocycles. The zero-order valence-corrected chi connectivity index (χ0v) is 17.4. The molecule has 1 aromatic heterocycles. The molecule has 1 saturated heterocycles.